The van der Waals surface area contributed by atoms with E-state index in [0.29, 0.717) is 5.82 Å². The number of pyridine rings is 1. The van der Waals surface area contributed by atoms with E-state index in [1.807, 2.05) is 13.0 Å². The molecule has 0 amide bonds. The van der Waals surface area contributed by atoms with Crippen LogP contribution in [0.3, 0.4) is 0 Å². The van der Waals surface area contributed by atoms with Crippen molar-refractivity contribution in [3.05, 3.63) is 36.0 Å². The molecule has 0 saturated heterocycles. The Bertz CT molecular complexity index is 307. The second-order valence-corrected chi connectivity index (χ2v) is 3.10. The van der Waals surface area contributed by atoms with E-state index < -0.39 is 0 Å². The second kappa shape index (κ2) is 4.05. The SMILES string of the molecule is C=CC[C@@H](N)c1cnc(N)cc1C. The Balaban J connectivity index is 2.94. The van der Waals surface area contributed by atoms with Gasteiger partial charge >= 0.3 is 0 Å². The van der Waals surface area contributed by atoms with E-state index in [0.717, 1.165) is 17.5 Å². The Labute approximate surface area is 78.5 Å². The lowest BCUT2D eigenvalue weighted by Crippen LogP contribution is -2.11. The van der Waals surface area contributed by atoms with Gasteiger partial charge in [-0.3, -0.25) is 0 Å². The standard InChI is InChI=1S/C10H15N3/c1-3-4-9(11)8-6-13-10(12)5-7(8)2/h3,5-6,9H,1,4,11H2,2H3,(H2,12,13)/t9-/m1/s1. The summed E-state index contributed by atoms with van der Waals surface area (Å²) in [5.41, 5.74) is 13.6. The van der Waals surface area contributed by atoms with Crippen LogP contribution in [0.15, 0.2) is 24.9 Å². The Morgan fingerprint density at radius 1 is 1.69 bits per heavy atom. The molecular formula is C10H15N3. The number of nitrogen functional groups attached to an aromatic ring is 1. The molecule has 0 aliphatic carbocycles. The van der Waals surface area contributed by atoms with E-state index in [4.69, 9.17) is 11.5 Å². The molecule has 0 aliphatic rings. The molecule has 4 N–H and O–H groups in total. The summed E-state index contributed by atoms with van der Waals surface area (Å²) in [4.78, 5) is 4.01. The molecule has 13 heavy (non-hydrogen) atoms. The summed E-state index contributed by atoms with van der Waals surface area (Å²) >= 11 is 0. The van der Waals surface area contributed by atoms with E-state index in [9.17, 15) is 0 Å². The molecule has 3 heteroatoms. The largest absolute Gasteiger partial charge is 0.384 e. The van der Waals surface area contributed by atoms with Crippen molar-refractivity contribution in [1.82, 2.24) is 4.98 Å². The lowest BCUT2D eigenvalue weighted by Gasteiger charge is -2.12. The Kier molecular flexibility index (Phi) is 3.03. The van der Waals surface area contributed by atoms with E-state index in [-0.39, 0.29) is 6.04 Å². The predicted octanol–water partition coefficient (Wildman–Crippen LogP) is 1.55. The molecule has 0 aromatic carbocycles. The van der Waals surface area contributed by atoms with Gasteiger partial charge in [-0.1, -0.05) is 6.08 Å². The molecule has 1 aromatic rings. The highest BCUT2D eigenvalue weighted by atomic mass is 14.8. The minimum Gasteiger partial charge on any atom is -0.384 e. The molecule has 0 bridgehead atoms. The van der Waals surface area contributed by atoms with E-state index in [2.05, 4.69) is 11.6 Å². The maximum atomic E-state index is 5.90. The average molecular weight is 177 g/mol. The maximum Gasteiger partial charge on any atom is 0.123 e. The van der Waals surface area contributed by atoms with E-state index in [1.54, 1.807) is 12.3 Å². The first kappa shape index (κ1) is 9.74. The summed E-state index contributed by atoms with van der Waals surface area (Å²) in [5, 5.41) is 0. The normalized spacial score (nSPS) is 12.5. The van der Waals surface area contributed by atoms with Gasteiger partial charge in [-0.05, 0) is 30.5 Å². The van der Waals surface area contributed by atoms with Gasteiger partial charge in [0.25, 0.3) is 0 Å². The zero-order valence-corrected chi connectivity index (χ0v) is 7.83. The summed E-state index contributed by atoms with van der Waals surface area (Å²) < 4.78 is 0. The van der Waals surface area contributed by atoms with Gasteiger partial charge in [0, 0.05) is 12.2 Å². The first-order chi connectivity index (χ1) is 6.15. The third kappa shape index (κ3) is 2.29. The fourth-order valence-corrected chi connectivity index (χ4v) is 1.28. The third-order valence-electron chi connectivity index (χ3n) is 1.99. The maximum absolute atomic E-state index is 5.90. The molecular weight excluding hydrogens is 162 g/mol. The van der Waals surface area contributed by atoms with Gasteiger partial charge in [0.2, 0.25) is 0 Å². The quantitative estimate of drug-likeness (QED) is 0.688. The van der Waals surface area contributed by atoms with Crippen LogP contribution in [0.1, 0.15) is 23.6 Å². The van der Waals surface area contributed by atoms with Gasteiger partial charge < -0.3 is 11.5 Å². The van der Waals surface area contributed by atoms with Crippen molar-refractivity contribution in [1.29, 1.82) is 0 Å². The van der Waals surface area contributed by atoms with Crippen molar-refractivity contribution in [2.45, 2.75) is 19.4 Å². The molecule has 1 atom stereocenters. The van der Waals surface area contributed by atoms with Crippen molar-refractivity contribution in [3.8, 4) is 0 Å². The summed E-state index contributed by atoms with van der Waals surface area (Å²) in [6.07, 6.45) is 4.30. The molecule has 1 rings (SSSR count). The highest BCUT2D eigenvalue weighted by Crippen LogP contribution is 2.18. The molecule has 3 nitrogen and oxygen atoms in total. The van der Waals surface area contributed by atoms with Crippen LogP contribution in [0.25, 0.3) is 0 Å². The summed E-state index contributed by atoms with van der Waals surface area (Å²) in [5.74, 6) is 0.534. The van der Waals surface area contributed by atoms with Crippen molar-refractivity contribution in [3.63, 3.8) is 0 Å². The fraction of sp³-hybridized carbons (Fsp3) is 0.300. The van der Waals surface area contributed by atoms with Crippen LogP contribution in [0.5, 0.6) is 0 Å². The number of anilines is 1. The number of nitrogens with zero attached hydrogens (tertiary/aromatic N) is 1. The Morgan fingerprint density at radius 3 is 2.92 bits per heavy atom. The Hall–Kier alpha value is -1.35. The number of aromatic nitrogens is 1. The van der Waals surface area contributed by atoms with Crippen molar-refractivity contribution in [2.75, 3.05) is 5.73 Å². The topological polar surface area (TPSA) is 64.9 Å². The summed E-state index contributed by atoms with van der Waals surface area (Å²) in [6.45, 7) is 5.63. The molecule has 0 saturated carbocycles. The van der Waals surface area contributed by atoms with Gasteiger partial charge in [0.05, 0.1) is 0 Å². The van der Waals surface area contributed by atoms with Gasteiger partial charge in [-0.2, -0.15) is 0 Å². The minimum absolute atomic E-state index is 0.0226. The molecule has 0 aliphatic heterocycles. The predicted molar refractivity (Wildman–Crippen MR) is 55.1 cm³/mol. The van der Waals surface area contributed by atoms with Gasteiger partial charge in [-0.15, -0.1) is 6.58 Å². The smallest absolute Gasteiger partial charge is 0.123 e. The second-order valence-electron chi connectivity index (χ2n) is 3.10. The molecule has 0 spiro atoms. The lowest BCUT2D eigenvalue weighted by atomic mass is 10.0. The van der Waals surface area contributed by atoms with Crippen molar-refractivity contribution < 1.29 is 0 Å². The van der Waals surface area contributed by atoms with E-state index >= 15 is 0 Å². The van der Waals surface area contributed by atoms with Crippen LogP contribution in [-0.4, -0.2) is 4.98 Å². The number of hydrogen-bond donors (Lipinski definition) is 2. The summed E-state index contributed by atoms with van der Waals surface area (Å²) in [6, 6.07) is 1.81. The van der Waals surface area contributed by atoms with Crippen LogP contribution in [0.4, 0.5) is 5.82 Å². The zero-order valence-electron chi connectivity index (χ0n) is 7.83. The van der Waals surface area contributed by atoms with Gasteiger partial charge in [0.1, 0.15) is 5.82 Å². The van der Waals surface area contributed by atoms with Crippen LogP contribution in [-0.2, 0) is 0 Å². The molecule has 0 radical (unpaired) electrons. The molecule has 70 valence electrons. The van der Waals surface area contributed by atoms with Crippen LogP contribution >= 0.6 is 0 Å². The zero-order chi connectivity index (χ0) is 9.84. The minimum atomic E-state index is -0.0226. The molecule has 1 aromatic heterocycles. The van der Waals surface area contributed by atoms with Crippen LogP contribution in [0.2, 0.25) is 0 Å². The highest BCUT2D eigenvalue weighted by molar-refractivity contribution is 5.37. The number of aryl methyl sites for hydroxylation is 1. The van der Waals surface area contributed by atoms with Gasteiger partial charge in [-0.25, -0.2) is 4.98 Å². The summed E-state index contributed by atoms with van der Waals surface area (Å²) in [7, 11) is 0. The first-order valence-corrected chi connectivity index (χ1v) is 4.23. The monoisotopic (exact) mass is 177 g/mol. The van der Waals surface area contributed by atoms with Crippen molar-refractivity contribution >= 4 is 5.82 Å². The molecule has 1 heterocycles. The molecule has 0 fully saturated rings. The first-order valence-electron chi connectivity index (χ1n) is 4.23. The lowest BCUT2D eigenvalue weighted by molar-refractivity contribution is 0.732. The third-order valence-corrected chi connectivity index (χ3v) is 1.99. The Morgan fingerprint density at radius 2 is 2.38 bits per heavy atom. The average Bonchev–Trinajstić information content (AvgIpc) is 2.04. The molecule has 0 unspecified atom stereocenters. The number of hydrogen-bond acceptors (Lipinski definition) is 3. The highest BCUT2D eigenvalue weighted by Gasteiger charge is 2.07. The number of rotatable bonds is 3. The fourth-order valence-electron chi connectivity index (χ4n) is 1.28. The van der Waals surface area contributed by atoms with E-state index in [1.165, 1.54) is 0 Å². The van der Waals surface area contributed by atoms with Gasteiger partial charge in [0.15, 0.2) is 0 Å². The van der Waals surface area contributed by atoms with Crippen LogP contribution < -0.4 is 11.5 Å². The number of nitrogens with two attached hydrogens (primary N) is 2. The van der Waals surface area contributed by atoms with Crippen LogP contribution in [0, 0.1) is 6.92 Å². The van der Waals surface area contributed by atoms with Crippen molar-refractivity contribution in [2.24, 2.45) is 5.73 Å².